The Bertz CT molecular complexity index is 67.5. The Morgan fingerprint density at radius 1 is 1.88 bits per heavy atom. The van der Waals surface area contributed by atoms with Gasteiger partial charge in [-0.1, -0.05) is 6.58 Å². The van der Waals surface area contributed by atoms with Gasteiger partial charge in [-0.3, -0.25) is 0 Å². The van der Waals surface area contributed by atoms with Crippen molar-refractivity contribution in [2.75, 3.05) is 0 Å². The molecule has 6 nitrogen and oxygen atoms in total. The molecular weight excluding hydrogens is 114 g/mol. The predicted molar refractivity (Wildman–Crippen MR) is 21.5 cm³/mol. The number of nitrogens with two attached hydrogens (primary N) is 1. The van der Waals surface area contributed by atoms with E-state index in [-0.39, 0.29) is 5.28 Å². The third-order valence-corrected chi connectivity index (χ3v) is 0.306. The van der Waals surface area contributed by atoms with Crippen molar-refractivity contribution in [3.05, 3.63) is 12.8 Å². The lowest BCUT2D eigenvalue weighted by Crippen LogP contribution is -2.45. The zero-order chi connectivity index (χ0) is 6.41. The molecule has 0 atom stereocenters. The molecule has 0 aliphatic heterocycles. The highest BCUT2D eigenvalue weighted by molar-refractivity contribution is 4.43. The zero-order valence-corrected chi connectivity index (χ0v) is 4.03. The van der Waals surface area contributed by atoms with Gasteiger partial charge in [0.1, 0.15) is 6.26 Å². The molecule has 0 aromatic rings. The molecule has 0 rings (SSSR count). The lowest BCUT2D eigenvalue weighted by atomic mass is 11.2. The van der Waals surface area contributed by atoms with Crippen LogP contribution in [-0.4, -0.2) is 5.28 Å². The molecule has 0 fully saturated rings. The minimum absolute atomic E-state index is 0.238. The summed E-state index contributed by atoms with van der Waals surface area (Å²) in [5.41, 5.74) is 1.84. The van der Waals surface area contributed by atoms with Gasteiger partial charge in [-0.15, -0.1) is 0 Å². The van der Waals surface area contributed by atoms with Crippen molar-refractivity contribution < 1.29 is 15.1 Å². The summed E-state index contributed by atoms with van der Waals surface area (Å²) in [5.74, 6) is 4.67. The summed E-state index contributed by atoms with van der Waals surface area (Å²) in [5, 5.41) is 9.50. The van der Waals surface area contributed by atoms with E-state index in [1.54, 1.807) is 0 Å². The number of hydrogen-bond acceptors (Lipinski definition) is 6. The summed E-state index contributed by atoms with van der Waals surface area (Å²) in [6.45, 7) is 3.14. The van der Waals surface area contributed by atoms with Gasteiger partial charge in [-0.2, -0.15) is 0 Å². The summed E-state index contributed by atoms with van der Waals surface area (Å²) in [7, 11) is 0. The maximum absolute atomic E-state index is 9.26. The average Bonchev–Trinajstić information content (AvgIpc) is 1.83. The molecule has 0 spiro atoms. The molecule has 0 heterocycles. The molecule has 0 aliphatic rings. The highest BCUT2D eigenvalue weighted by Gasteiger charge is 1.83. The lowest BCUT2D eigenvalue weighted by molar-refractivity contribution is -0.765. The van der Waals surface area contributed by atoms with Crippen LogP contribution in [0.15, 0.2) is 12.8 Å². The molecule has 0 aromatic heterocycles. The van der Waals surface area contributed by atoms with Crippen LogP contribution in [0.1, 0.15) is 0 Å². The van der Waals surface area contributed by atoms with Gasteiger partial charge in [0.15, 0.2) is 0 Å². The van der Waals surface area contributed by atoms with E-state index in [1.807, 2.05) is 5.59 Å². The van der Waals surface area contributed by atoms with Gasteiger partial charge >= 0.3 is 0 Å². The van der Waals surface area contributed by atoms with Crippen molar-refractivity contribution in [2.24, 2.45) is 5.84 Å². The van der Waals surface area contributed by atoms with E-state index in [1.165, 1.54) is 0 Å². The first kappa shape index (κ1) is 7.34. The second-order valence-corrected chi connectivity index (χ2v) is 0.776. The van der Waals surface area contributed by atoms with Crippen LogP contribution in [0.3, 0.4) is 0 Å². The van der Waals surface area contributed by atoms with Crippen LogP contribution >= 0.6 is 0 Å². The maximum Gasteiger partial charge on any atom is 0.106 e. The van der Waals surface area contributed by atoms with E-state index in [0.717, 1.165) is 6.26 Å². The van der Waals surface area contributed by atoms with Crippen LogP contribution in [0, 0.1) is 0 Å². The number of nitrogens with zero attached hydrogens (tertiary/aromatic N) is 1. The fourth-order valence-corrected chi connectivity index (χ4v) is 0.104. The summed E-state index contributed by atoms with van der Waals surface area (Å²) in [6.07, 6.45) is 1.04. The van der Waals surface area contributed by atoms with Crippen molar-refractivity contribution in [3.63, 3.8) is 0 Å². The third kappa shape index (κ3) is 3.53. The minimum atomic E-state index is 0.238. The molecule has 0 aromatic carbocycles. The van der Waals surface area contributed by atoms with Gasteiger partial charge < -0.3 is 15.1 Å². The molecule has 0 saturated heterocycles. The Kier molecular flexibility index (Phi) is 4.13. The number of hydrogen-bond donors (Lipinski definition) is 2. The maximum atomic E-state index is 9.26. The van der Waals surface area contributed by atoms with Gasteiger partial charge in [0, 0.05) is 0 Å². The zero-order valence-electron chi connectivity index (χ0n) is 4.03. The first-order valence-electron chi connectivity index (χ1n) is 1.68. The van der Waals surface area contributed by atoms with Crippen molar-refractivity contribution in [3.8, 4) is 0 Å². The van der Waals surface area contributed by atoms with Crippen molar-refractivity contribution >= 4 is 0 Å². The molecule has 0 bridgehead atoms. The standard InChI is InChI=1S/C2H7N3O3/c1-2-7-4-5(3)8-6/h2,4,6H,1,3H2/p-1. The molecule has 0 saturated carbocycles. The second-order valence-electron chi connectivity index (χ2n) is 0.776. The smallest absolute Gasteiger partial charge is 0.106 e. The van der Waals surface area contributed by atoms with Gasteiger partial charge in [0.2, 0.25) is 0 Å². The normalized spacial score (nSPS) is 9.38. The van der Waals surface area contributed by atoms with E-state index >= 15 is 0 Å². The second kappa shape index (κ2) is 4.50. The molecule has 0 amide bonds. The first-order valence-corrected chi connectivity index (χ1v) is 1.68. The SMILES string of the molecule is C=CONN(N)O[O-]. The molecule has 0 radical (unpaired) electrons. The molecule has 8 heavy (non-hydrogen) atoms. The van der Waals surface area contributed by atoms with E-state index in [2.05, 4.69) is 22.2 Å². The van der Waals surface area contributed by atoms with Crippen LogP contribution in [0.5, 0.6) is 0 Å². The number of nitrogens with one attached hydrogen (secondary N) is 1. The van der Waals surface area contributed by atoms with Crippen LogP contribution in [0.25, 0.3) is 0 Å². The van der Waals surface area contributed by atoms with Gasteiger partial charge in [0.05, 0.1) is 0 Å². The quantitative estimate of drug-likeness (QED) is 0.192. The van der Waals surface area contributed by atoms with Crippen molar-refractivity contribution in [2.45, 2.75) is 0 Å². The van der Waals surface area contributed by atoms with Crippen LogP contribution in [0.2, 0.25) is 0 Å². The van der Waals surface area contributed by atoms with E-state index < -0.39 is 0 Å². The minimum Gasteiger partial charge on any atom is -0.702 e. The summed E-state index contributed by atoms with van der Waals surface area (Å²) >= 11 is 0. The van der Waals surface area contributed by atoms with Crippen molar-refractivity contribution in [1.82, 2.24) is 10.9 Å². The van der Waals surface area contributed by atoms with E-state index in [0.29, 0.717) is 0 Å². The Labute approximate surface area is 45.9 Å². The Hall–Kier alpha value is -0.660. The van der Waals surface area contributed by atoms with E-state index in [4.69, 9.17) is 0 Å². The summed E-state index contributed by atoms with van der Waals surface area (Å²) in [4.78, 5) is 7.31. The molecule has 48 valence electrons. The average molecular weight is 120 g/mol. The van der Waals surface area contributed by atoms with Crippen LogP contribution in [-0.2, 0) is 9.83 Å². The van der Waals surface area contributed by atoms with Crippen molar-refractivity contribution in [1.29, 1.82) is 0 Å². The Morgan fingerprint density at radius 2 is 2.50 bits per heavy atom. The van der Waals surface area contributed by atoms with Gasteiger partial charge in [-0.25, -0.2) is 5.84 Å². The molecule has 0 unspecified atom stereocenters. The topological polar surface area (TPSA) is 82.8 Å². The van der Waals surface area contributed by atoms with E-state index in [9.17, 15) is 5.26 Å². The lowest BCUT2D eigenvalue weighted by Gasteiger charge is -2.16. The van der Waals surface area contributed by atoms with Gasteiger partial charge in [0.25, 0.3) is 0 Å². The Balaban J connectivity index is 2.97. The first-order chi connectivity index (χ1) is 3.81. The fourth-order valence-electron chi connectivity index (χ4n) is 0.104. The fraction of sp³-hybridized carbons (Fsp3) is 0. The number of rotatable bonds is 4. The Morgan fingerprint density at radius 3 is 2.88 bits per heavy atom. The van der Waals surface area contributed by atoms with Crippen LogP contribution in [0.4, 0.5) is 0 Å². The van der Waals surface area contributed by atoms with Gasteiger partial charge in [-0.05, 0) is 10.9 Å². The highest BCUT2D eigenvalue weighted by atomic mass is 17.2. The monoisotopic (exact) mass is 120 g/mol. The molecule has 0 aliphatic carbocycles. The molecule has 6 heteroatoms. The molecule has 3 N–H and O–H groups in total. The third-order valence-electron chi connectivity index (χ3n) is 0.306. The largest absolute Gasteiger partial charge is 0.702 e. The summed E-state index contributed by atoms with van der Waals surface area (Å²) < 4.78 is 0. The predicted octanol–water partition coefficient (Wildman–Crippen LogP) is -2.05. The highest BCUT2D eigenvalue weighted by Crippen LogP contribution is 1.65. The number of hydrazine groups is 2. The molecular formula is C2H6N3O3-. The summed E-state index contributed by atoms with van der Waals surface area (Å²) in [6, 6.07) is 0. The van der Waals surface area contributed by atoms with Crippen LogP contribution < -0.4 is 16.7 Å².